The smallest absolute Gasteiger partial charge is 0.306 e. The van der Waals surface area contributed by atoms with Gasteiger partial charge in [-0.15, -0.1) is 0 Å². The van der Waals surface area contributed by atoms with Crippen molar-refractivity contribution in [2.45, 2.75) is 245 Å². The van der Waals surface area contributed by atoms with Gasteiger partial charge >= 0.3 is 17.9 Å². The zero-order chi connectivity index (χ0) is 52.9. The number of ether oxygens (including phenoxy) is 3. The Morgan fingerprint density at radius 3 is 0.904 bits per heavy atom. The number of carbonyl (C=O) groups excluding carboxylic acids is 3. The van der Waals surface area contributed by atoms with Gasteiger partial charge in [0.1, 0.15) is 13.2 Å². The van der Waals surface area contributed by atoms with E-state index in [0.717, 1.165) is 116 Å². The molecule has 0 unspecified atom stereocenters. The third-order valence-corrected chi connectivity index (χ3v) is 11.8. The zero-order valence-corrected chi connectivity index (χ0v) is 46.8. The summed E-state index contributed by atoms with van der Waals surface area (Å²) in [6, 6.07) is 0. The summed E-state index contributed by atoms with van der Waals surface area (Å²) >= 11 is 0. The maximum Gasteiger partial charge on any atom is 0.306 e. The molecule has 6 nitrogen and oxygen atoms in total. The molecule has 73 heavy (non-hydrogen) atoms. The van der Waals surface area contributed by atoms with Crippen LogP contribution in [0.1, 0.15) is 239 Å². The Morgan fingerprint density at radius 1 is 0.288 bits per heavy atom. The van der Waals surface area contributed by atoms with Crippen LogP contribution < -0.4 is 0 Å². The summed E-state index contributed by atoms with van der Waals surface area (Å²) in [5.41, 5.74) is 0. The molecule has 0 radical (unpaired) electrons. The Hall–Kier alpha value is -4.71. The SMILES string of the molecule is CC/C=C\C/C=C\C/C=C\C/C=C\C/C=C\CCCCCC(=O)OC[C@H](COC(=O)CCCCCCCCC/C=C\C/C=C\CCCCC)OC(=O)CC/C=C\C/C=C\C/C=C\C/C=C\C/C=C\CCCCC. The molecular weight excluding hydrogens is 901 g/mol. The highest BCUT2D eigenvalue weighted by Gasteiger charge is 2.19. The second-order valence-corrected chi connectivity index (χ2v) is 18.8. The van der Waals surface area contributed by atoms with Crippen LogP contribution in [0, 0.1) is 0 Å². The molecule has 0 N–H and O–H groups in total. The molecule has 410 valence electrons. The molecule has 0 aliphatic carbocycles. The summed E-state index contributed by atoms with van der Waals surface area (Å²) in [5, 5.41) is 0. The van der Waals surface area contributed by atoms with Crippen LogP contribution in [0.2, 0.25) is 0 Å². The van der Waals surface area contributed by atoms with Crippen LogP contribution in [0.15, 0.2) is 146 Å². The molecule has 0 heterocycles. The molecule has 0 aromatic heterocycles. The zero-order valence-electron chi connectivity index (χ0n) is 46.8. The predicted molar refractivity (Wildman–Crippen MR) is 315 cm³/mol. The lowest BCUT2D eigenvalue weighted by molar-refractivity contribution is -0.166. The summed E-state index contributed by atoms with van der Waals surface area (Å²) in [5.74, 6) is -1.06. The van der Waals surface area contributed by atoms with Gasteiger partial charge in [0.2, 0.25) is 0 Å². The molecule has 0 saturated carbocycles. The van der Waals surface area contributed by atoms with Gasteiger partial charge in [-0.3, -0.25) is 14.4 Å². The minimum Gasteiger partial charge on any atom is -0.462 e. The molecule has 0 aromatic rings. The first-order valence-electron chi connectivity index (χ1n) is 29.3. The van der Waals surface area contributed by atoms with Crippen molar-refractivity contribution in [3.05, 3.63) is 146 Å². The van der Waals surface area contributed by atoms with Crippen LogP contribution in [-0.4, -0.2) is 37.2 Å². The molecule has 0 aliphatic rings. The molecule has 0 rings (SSSR count). The van der Waals surface area contributed by atoms with Crippen molar-refractivity contribution in [1.82, 2.24) is 0 Å². The maximum atomic E-state index is 12.8. The Morgan fingerprint density at radius 2 is 0.562 bits per heavy atom. The highest BCUT2D eigenvalue weighted by atomic mass is 16.6. The van der Waals surface area contributed by atoms with Gasteiger partial charge < -0.3 is 14.2 Å². The van der Waals surface area contributed by atoms with Crippen molar-refractivity contribution in [2.75, 3.05) is 13.2 Å². The Bertz CT molecular complexity index is 1630. The van der Waals surface area contributed by atoms with E-state index in [1.54, 1.807) is 0 Å². The lowest BCUT2D eigenvalue weighted by atomic mass is 10.1. The van der Waals surface area contributed by atoms with Crippen LogP contribution >= 0.6 is 0 Å². The van der Waals surface area contributed by atoms with E-state index in [1.165, 1.54) is 77.0 Å². The van der Waals surface area contributed by atoms with E-state index in [0.29, 0.717) is 19.3 Å². The summed E-state index contributed by atoms with van der Waals surface area (Å²) in [4.78, 5) is 38.2. The highest BCUT2D eigenvalue weighted by Crippen LogP contribution is 2.13. The van der Waals surface area contributed by atoms with Crippen molar-refractivity contribution in [2.24, 2.45) is 0 Å². The van der Waals surface area contributed by atoms with Crippen molar-refractivity contribution < 1.29 is 28.6 Å². The minimum atomic E-state index is -0.842. The van der Waals surface area contributed by atoms with Gasteiger partial charge in [0, 0.05) is 19.3 Å². The third-order valence-electron chi connectivity index (χ3n) is 11.8. The second kappa shape index (κ2) is 59.8. The predicted octanol–water partition coefficient (Wildman–Crippen LogP) is 20.0. The van der Waals surface area contributed by atoms with Gasteiger partial charge in [0.15, 0.2) is 6.10 Å². The van der Waals surface area contributed by atoms with Crippen molar-refractivity contribution in [3.63, 3.8) is 0 Å². The molecule has 0 fully saturated rings. The van der Waals surface area contributed by atoms with E-state index in [2.05, 4.69) is 154 Å². The number of hydrogen-bond donors (Lipinski definition) is 0. The second-order valence-electron chi connectivity index (χ2n) is 18.8. The molecule has 0 saturated heterocycles. The lowest BCUT2D eigenvalue weighted by Crippen LogP contribution is -2.30. The van der Waals surface area contributed by atoms with E-state index < -0.39 is 12.1 Å². The fourth-order valence-corrected chi connectivity index (χ4v) is 7.42. The molecular formula is C67H106O6. The monoisotopic (exact) mass is 1010 g/mol. The first-order chi connectivity index (χ1) is 36.0. The van der Waals surface area contributed by atoms with E-state index in [1.807, 2.05) is 12.2 Å². The highest BCUT2D eigenvalue weighted by molar-refractivity contribution is 5.71. The van der Waals surface area contributed by atoms with Gasteiger partial charge in [-0.05, 0) is 135 Å². The van der Waals surface area contributed by atoms with Gasteiger partial charge in [-0.25, -0.2) is 0 Å². The Kier molecular flexibility index (Phi) is 56.0. The number of allylic oxidation sites excluding steroid dienone is 24. The normalized spacial score (nSPS) is 13.2. The lowest BCUT2D eigenvalue weighted by Gasteiger charge is -2.18. The van der Waals surface area contributed by atoms with Crippen molar-refractivity contribution in [1.29, 1.82) is 0 Å². The van der Waals surface area contributed by atoms with Crippen LogP contribution in [0.5, 0.6) is 0 Å². The molecule has 0 spiro atoms. The van der Waals surface area contributed by atoms with Crippen LogP contribution in [0.4, 0.5) is 0 Å². The molecule has 6 heteroatoms. The van der Waals surface area contributed by atoms with Gasteiger partial charge in [-0.1, -0.05) is 231 Å². The van der Waals surface area contributed by atoms with Crippen LogP contribution in [0.25, 0.3) is 0 Å². The topological polar surface area (TPSA) is 78.9 Å². The summed E-state index contributed by atoms with van der Waals surface area (Å²) in [6.07, 6.45) is 85.6. The van der Waals surface area contributed by atoms with Crippen LogP contribution in [0.3, 0.4) is 0 Å². The number of carbonyl (C=O) groups is 3. The van der Waals surface area contributed by atoms with E-state index in [-0.39, 0.29) is 31.6 Å². The maximum absolute atomic E-state index is 12.8. The molecule has 0 aromatic carbocycles. The van der Waals surface area contributed by atoms with E-state index >= 15 is 0 Å². The molecule has 0 aliphatic heterocycles. The quantitative estimate of drug-likeness (QED) is 0.0261. The van der Waals surface area contributed by atoms with Gasteiger partial charge in [0.25, 0.3) is 0 Å². The number of rotatable bonds is 51. The largest absolute Gasteiger partial charge is 0.462 e. The van der Waals surface area contributed by atoms with Crippen molar-refractivity contribution in [3.8, 4) is 0 Å². The van der Waals surface area contributed by atoms with Gasteiger partial charge in [-0.2, -0.15) is 0 Å². The first-order valence-corrected chi connectivity index (χ1v) is 29.3. The minimum absolute atomic E-state index is 0.128. The number of hydrogen-bond acceptors (Lipinski definition) is 6. The Labute approximate surface area is 448 Å². The average Bonchev–Trinajstić information content (AvgIpc) is 3.39. The van der Waals surface area contributed by atoms with Crippen molar-refractivity contribution >= 4 is 17.9 Å². The summed E-state index contributed by atoms with van der Waals surface area (Å²) in [7, 11) is 0. The standard InChI is InChI=1S/C67H106O6/c1-4-7-10-13-16-19-22-25-28-31-33-36-39-42-45-48-51-54-57-60-66(69)72-63-64(62-71-65(68)59-56-53-50-47-44-41-38-35-30-27-24-21-18-15-12-9-6-3)73-67(70)61-58-55-52-49-46-43-40-37-34-32-29-26-23-20-17-14-11-8-5-2/h7,10,16-21,25-30,33-34,36-37,42-43,45-46,52,55,64H,4-6,8-9,11-15,22-24,31-32,35,38-41,44,47-51,53-54,56-63H2,1-3H3/b10-7-,19-16-,20-17-,21-18-,28-25-,29-26-,30-27-,36-33-,37-34-,45-42-,46-43-,55-52-/t64-/m0/s1. The fraction of sp³-hybridized carbons (Fsp3) is 0.597. The van der Waals surface area contributed by atoms with E-state index in [9.17, 15) is 14.4 Å². The van der Waals surface area contributed by atoms with Gasteiger partial charge in [0.05, 0.1) is 0 Å². The molecule has 0 bridgehead atoms. The fourth-order valence-electron chi connectivity index (χ4n) is 7.42. The third kappa shape index (κ3) is 58.1. The average molecular weight is 1010 g/mol. The number of esters is 3. The molecule has 0 amide bonds. The number of unbranched alkanes of at least 4 members (excludes halogenated alkanes) is 16. The van der Waals surface area contributed by atoms with Crippen LogP contribution in [-0.2, 0) is 28.6 Å². The molecule has 1 atom stereocenters. The first kappa shape index (κ1) is 68.3. The Balaban J connectivity index is 4.61. The summed E-state index contributed by atoms with van der Waals surface area (Å²) in [6.45, 7) is 6.37. The van der Waals surface area contributed by atoms with E-state index in [4.69, 9.17) is 14.2 Å². The summed E-state index contributed by atoms with van der Waals surface area (Å²) < 4.78 is 16.8.